The minimum Gasteiger partial charge on any atom is -0.490 e. The number of nitrogens with one attached hydrogen (secondary N) is 5. The molecule has 1 heterocycles. The van der Waals surface area contributed by atoms with Crippen molar-refractivity contribution in [3.8, 4) is 45.6 Å². The molecule has 85 heavy (non-hydrogen) atoms. The summed E-state index contributed by atoms with van der Waals surface area (Å²) in [5.74, 6) is 4.29. The molecule has 0 aliphatic heterocycles. The lowest BCUT2D eigenvalue weighted by Gasteiger charge is -2.20. The number of aromatic amines is 1. The fraction of sp³-hybridized carbons (Fsp3) is 0.261. The number of benzene rings is 8. The van der Waals surface area contributed by atoms with E-state index in [2.05, 4.69) is 77.3 Å². The van der Waals surface area contributed by atoms with E-state index in [-0.39, 0.29) is 5.56 Å². The molecule has 9 aromatic rings. The summed E-state index contributed by atoms with van der Waals surface area (Å²) < 4.78 is 37.5. The number of fused-ring (bicyclic) bond motifs is 1. The van der Waals surface area contributed by atoms with Crippen molar-refractivity contribution < 1.29 is 28.4 Å². The second kappa shape index (κ2) is 30.3. The summed E-state index contributed by atoms with van der Waals surface area (Å²) in [6, 6.07) is 59.8. The summed E-state index contributed by atoms with van der Waals surface area (Å²) in [6.45, 7) is 6.60. The summed E-state index contributed by atoms with van der Waals surface area (Å²) >= 11 is 0. The molecule has 16 heteroatoms. The second-order valence-electron chi connectivity index (χ2n) is 21.4. The standard InChI is InChI=1S/C69H79N9O7/c1-76(2)36-39-82-67-59(70)17-12-19-61(67)71-45-49-22-28-54(29-23-49)80-42-43-81-55-30-24-50(25-31-55)46-72-62-20-13-21-64(68(62)83-40-37-77(3)4)74-60-18-11-10-16-53(60)48-85-56-32-26-51(27-33-56)47-73-63-35-34-57-58(52-14-8-7-9-15-52)44-65(79)75-66(57)69(63)84-41-38-78(5)6/h7-35,44,71-74H,36-43,45-48,70H2,1-6H3,(H,75,79). The molecular formula is C69H79N9O7. The number of pyridine rings is 1. The first-order chi connectivity index (χ1) is 41.4. The normalized spacial score (nSPS) is 11.2. The number of nitrogens with zero attached hydrogens (tertiary/aromatic N) is 3. The zero-order valence-electron chi connectivity index (χ0n) is 49.6. The first-order valence-corrected chi connectivity index (χ1v) is 28.7. The van der Waals surface area contributed by atoms with E-state index in [1.807, 2.05) is 182 Å². The van der Waals surface area contributed by atoms with Crippen LogP contribution in [0.5, 0.6) is 34.5 Å². The third-order valence-corrected chi connectivity index (χ3v) is 14.0. The van der Waals surface area contributed by atoms with Crippen LogP contribution in [0, 0.1) is 0 Å². The molecule has 16 nitrogen and oxygen atoms in total. The number of likely N-dealkylation sites (N-methyl/N-ethyl adjacent to an activating group) is 3. The third-order valence-electron chi connectivity index (χ3n) is 14.0. The van der Waals surface area contributed by atoms with Gasteiger partial charge in [0.2, 0.25) is 5.56 Å². The van der Waals surface area contributed by atoms with Crippen molar-refractivity contribution in [2.45, 2.75) is 26.2 Å². The molecule has 442 valence electrons. The molecule has 0 atom stereocenters. The minimum absolute atomic E-state index is 0.190. The summed E-state index contributed by atoms with van der Waals surface area (Å²) in [4.78, 5) is 22.4. The van der Waals surface area contributed by atoms with Crippen LogP contribution in [0.4, 0.5) is 34.1 Å². The van der Waals surface area contributed by atoms with Crippen molar-refractivity contribution in [3.05, 3.63) is 215 Å². The van der Waals surface area contributed by atoms with Gasteiger partial charge in [0.1, 0.15) is 56.9 Å². The van der Waals surface area contributed by atoms with Crippen molar-refractivity contribution in [3.63, 3.8) is 0 Å². The fourth-order valence-corrected chi connectivity index (χ4v) is 9.32. The molecule has 0 saturated carbocycles. The zero-order chi connectivity index (χ0) is 59.3. The summed E-state index contributed by atoms with van der Waals surface area (Å²) in [7, 11) is 12.1. The first-order valence-electron chi connectivity index (χ1n) is 28.7. The molecule has 0 radical (unpaired) electrons. The predicted octanol–water partition coefficient (Wildman–Crippen LogP) is 12.2. The monoisotopic (exact) mass is 1150 g/mol. The maximum Gasteiger partial charge on any atom is 0.249 e. The van der Waals surface area contributed by atoms with Crippen molar-refractivity contribution >= 4 is 45.0 Å². The number of rotatable bonds is 32. The third kappa shape index (κ3) is 17.6. The number of nitrogen functional groups attached to an aromatic ring is 1. The van der Waals surface area contributed by atoms with Crippen LogP contribution in [-0.4, -0.2) is 115 Å². The Kier molecular flexibility index (Phi) is 21.5. The molecule has 9 rings (SSSR count). The Hall–Kier alpha value is -9.35. The van der Waals surface area contributed by atoms with Crippen LogP contribution in [0.3, 0.4) is 0 Å². The molecule has 0 unspecified atom stereocenters. The first kappa shape index (κ1) is 60.2. The minimum atomic E-state index is -0.190. The highest BCUT2D eigenvalue weighted by Gasteiger charge is 2.17. The van der Waals surface area contributed by atoms with Crippen molar-refractivity contribution in [2.75, 3.05) is 122 Å². The molecular weight excluding hydrogens is 1070 g/mol. The Morgan fingerprint density at radius 3 is 1.45 bits per heavy atom. The Bertz CT molecular complexity index is 3600. The lowest BCUT2D eigenvalue weighted by Crippen LogP contribution is -2.20. The van der Waals surface area contributed by atoms with Crippen molar-refractivity contribution in [1.29, 1.82) is 0 Å². The van der Waals surface area contributed by atoms with E-state index in [0.29, 0.717) is 88.5 Å². The Balaban J connectivity index is 0.768. The molecule has 0 bridgehead atoms. The van der Waals surface area contributed by atoms with Gasteiger partial charge in [-0.2, -0.15) is 0 Å². The lowest BCUT2D eigenvalue weighted by molar-refractivity contribution is 0.217. The van der Waals surface area contributed by atoms with E-state index in [1.165, 1.54) is 0 Å². The molecule has 0 aliphatic carbocycles. The number of nitrogens with two attached hydrogens (primary N) is 1. The summed E-state index contributed by atoms with van der Waals surface area (Å²) in [5, 5.41) is 15.2. The number of hydrogen-bond acceptors (Lipinski definition) is 15. The molecule has 0 spiro atoms. The van der Waals surface area contributed by atoms with Gasteiger partial charge in [0.15, 0.2) is 17.2 Å². The van der Waals surface area contributed by atoms with E-state index in [4.69, 9.17) is 34.2 Å². The largest absolute Gasteiger partial charge is 0.490 e. The van der Waals surface area contributed by atoms with Crippen LogP contribution < -0.4 is 61.0 Å². The van der Waals surface area contributed by atoms with Gasteiger partial charge in [-0.3, -0.25) is 4.79 Å². The molecule has 0 amide bonds. The lowest BCUT2D eigenvalue weighted by atomic mass is 10.0. The van der Waals surface area contributed by atoms with Crippen LogP contribution in [-0.2, 0) is 26.2 Å². The number of ether oxygens (including phenoxy) is 6. The zero-order valence-corrected chi connectivity index (χ0v) is 49.6. The number of aromatic nitrogens is 1. The highest BCUT2D eigenvalue weighted by molar-refractivity contribution is 6.00. The number of para-hydroxylation sites is 3. The van der Waals surface area contributed by atoms with E-state index >= 15 is 0 Å². The summed E-state index contributed by atoms with van der Waals surface area (Å²) in [6.07, 6.45) is 0. The molecule has 0 fully saturated rings. The van der Waals surface area contributed by atoms with Crippen LogP contribution in [0.25, 0.3) is 22.0 Å². The fourth-order valence-electron chi connectivity index (χ4n) is 9.32. The Morgan fingerprint density at radius 1 is 0.424 bits per heavy atom. The van der Waals surface area contributed by atoms with Gasteiger partial charge in [0.05, 0.1) is 34.0 Å². The maximum absolute atomic E-state index is 13.1. The van der Waals surface area contributed by atoms with Gasteiger partial charge in [-0.25, -0.2) is 0 Å². The SMILES string of the molecule is CN(C)CCOc1c(N)cccc1NCc1ccc(OCCOc2ccc(CNc3cccc(Nc4ccccc4COc4ccc(CNc5ccc6c(-c7ccccc7)cc(=O)[nH]c6c5OCCN(C)C)cc4)c3OCCN(C)C)cc2)cc1. The van der Waals surface area contributed by atoms with E-state index < -0.39 is 0 Å². The highest BCUT2D eigenvalue weighted by Crippen LogP contribution is 2.39. The van der Waals surface area contributed by atoms with Crippen LogP contribution in [0.15, 0.2) is 187 Å². The topological polar surface area (TPSA) is 172 Å². The van der Waals surface area contributed by atoms with E-state index in [9.17, 15) is 4.79 Å². The Morgan fingerprint density at radius 2 is 0.882 bits per heavy atom. The Labute approximate surface area is 499 Å². The van der Waals surface area contributed by atoms with Crippen LogP contribution >= 0.6 is 0 Å². The van der Waals surface area contributed by atoms with Gasteiger partial charge >= 0.3 is 0 Å². The van der Waals surface area contributed by atoms with E-state index in [1.54, 1.807) is 6.07 Å². The quantitative estimate of drug-likeness (QED) is 0.0174. The number of hydrogen-bond donors (Lipinski definition) is 6. The van der Waals surface area contributed by atoms with Gasteiger partial charge in [-0.1, -0.05) is 97.1 Å². The average molecular weight is 1150 g/mol. The smallest absolute Gasteiger partial charge is 0.249 e. The number of H-pyrrole nitrogens is 1. The molecule has 1 aromatic heterocycles. The predicted molar refractivity (Wildman–Crippen MR) is 346 cm³/mol. The van der Waals surface area contributed by atoms with Crippen molar-refractivity contribution in [1.82, 2.24) is 19.7 Å². The van der Waals surface area contributed by atoms with Crippen LogP contribution in [0.1, 0.15) is 22.3 Å². The molecule has 7 N–H and O–H groups in total. The van der Waals surface area contributed by atoms with Gasteiger partial charge in [0, 0.05) is 62.0 Å². The van der Waals surface area contributed by atoms with E-state index in [0.717, 1.165) is 103 Å². The van der Waals surface area contributed by atoms with Gasteiger partial charge in [0.25, 0.3) is 0 Å². The van der Waals surface area contributed by atoms with Crippen LogP contribution in [0.2, 0.25) is 0 Å². The van der Waals surface area contributed by atoms with Crippen molar-refractivity contribution in [2.24, 2.45) is 0 Å². The number of anilines is 6. The molecule has 0 saturated heterocycles. The second-order valence-corrected chi connectivity index (χ2v) is 21.4. The van der Waals surface area contributed by atoms with Gasteiger partial charge in [-0.15, -0.1) is 0 Å². The maximum atomic E-state index is 13.1. The molecule has 8 aromatic carbocycles. The summed E-state index contributed by atoms with van der Waals surface area (Å²) in [5.41, 5.74) is 17.6. The highest BCUT2D eigenvalue weighted by atomic mass is 16.5. The van der Waals surface area contributed by atoms with Gasteiger partial charge < -0.3 is 75.1 Å². The average Bonchev–Trinajstić information content (AvgIpc) is 1.64. The molecule has 0 aliphatic rings. The van der Waals surface area contributed by atoms with Gasteiger partial charge in [-0.05, 0) is 149 Å².